The van der Waals surface area contributed by atoms with Crippen LogP contribution in [0, 0.1) is 0 Å². The molecule has 0 unspecified atom stereocenters. The zero-order chi connectivity index (χ0) is 13.0. The van der Waals surface area contributed by atoms with Gasteiger partial charge in [-0.15, -0.1) is 0 Å². The van der Waals surface area contributed by atoms with Crippen LogP contribution in [0.3, 0.4) is 0 Å². The summed E-state index contributed by atoms with van der Waals surface area (Å²) in [6.45, 7) is 2.09. The SMILES string of the molecule is COc1ccc(C(N)=S)c(N2CCCSCC2)c1. The molecule has 1 aromatic carbocycles. The van der Waals surface area contributed by atoms with Crippen LogP contribution >= 0.6 is 24.0 Å². The Kier molecular flexibility index (Phi) is 4.72. The quantitative estimate of drug-likeness (QED) is 0.861. The average Bonchev–Trinajstić information content (AvgIpc) is 2.66. The smallest absolute Gasteiger partial charge is 0.120 e. The van der Waals surface area contributed by atoms with Gasteiger partial charge in [0.15, 0.2) is 0 Å². The number of nitrogens with two attached hydrogens (primary N) is 1. The summed E-state index contributed by atoms with van der Waals surface area (Å²) in [5.74, 6) is 3.22. The van der Waals surface area contributed by atoms with Crippen molar-refractivity contribution >= 4 is 34.7 Å². The second kappa shape index (κ2) is 6.29. The maximum atomic E-state index is 5.81. The lowest BCUT2D eigenvalue weighted by Gasteiger charge is -2.25. The van der Waals surface area contributed by atoms with Crippen LogP contribution < -0.4 is 15.4 Å². The van der Waals surface area contributed by atoms with Gasteiger partial charge in [0, 0.05) is 30.5 Å². The molecule has 2 rings (SSSR count). The van der Waals surface area contributed by atoms with Crippen LogP contribution in [-0.2, 0) is 0 Å². The number of nitrogens with zero attached hydrogens (tertiary/aromatic N) is 1. The molecule has 0 spiro atoms. The lowest BCUT2D eigenvalue weighted by Crippen LogP contribution is -2.28. The van der Waals surface area contributed by atoms with Gasteiger partial charge in [-0.3, -0.25) is 0 Å². The van der Waals surface area contributed by atoms with E-state index in [0.29, 0.717) is 4.99 Å². The zero-order valence-electron chi connectivity index (χ0n) is 10.5. The Balaban J connectivity index is 2.35. The number of benzene rings is 1. The van der Waals surface area contributed by atoms with Gasteiger partial charge in [-0.25, -0.2) is 0 Å². The van der Waals surface area contributed by atoms with E-state index in [0.717, 1.165) is 35.8 Å². The van der Waals surface area contributed by atoms with Gasteiger partial charge in [0.1, 0.15) is 10.7 Å². The molecule has 1 aromatic rings. The van der Waals surface area contributed by atoms with Crippen molar-refractivity contribution in [3.8, 4) is 5.75 Å². The first-order chi connectivity index (χ1) is 8.72. The minimum Gasteiger partial charge on any atom is -0.497 e. The van der Waals surface area contributed by atoms with Crippen LogP contribution in [0.5, 0.6) is 5.75 Å². The van der Waals surface area contributed by atoms with E-state index in [2.05, 4.69) is 4.90 Å². The molecule has 1 aliphatic heterocycles. The molecule has 1 saturated heterocycles. The van der Waals surface area contributed by atoms with Crippen LogP contribution in [0.25, 0.3) is 0 Å². The Labute approximate surface area is 118 Å². The summed E-state index contributed by atoms with van der Waals surface area (Å²) in [4.78, 5) is 2.81. The molecule has 1 aliphatic rings. The summed E-state index contributed by atoms with van der Waals surface area (Å²) in [6.07, 6.45) is 1.19. The Bertz CT molecular complexity index is 429. The fourth-order valence-corrected chi connectivity index (χ4v) is 3.15. The molecule has 0 saturated carbocycles. The number of methoxy groups -OCH3 is 1. The van der Waals surface area contributed by atoms with Crippen molar-refractivity contribution in [1.29, 1.82) is 0 Å². The van der Waals surface area contributed by atoms with Gasteiger partial charge in [-0.2, -0.15) is 11.8 Å². The molecule has 0 radical (unpaired) electrons. The number of rotatable bonds is 3. The highest BCUT2D eigenvalue weighted by atomic mass is 32.2. The van der Waals surface area contributed by atoms with Crippen molar-refractivity contribution in [3.63, 3.8) is 0 Å². The van der Waals surface area contributed by atoms with E-state index in [4.69, 9.17) is 22.7 Å². The minimum atomic E-state index is 0.449. The van der Waals surface area contributed by atoms with Crippen molar-refractivity contribution in [1.82, 2.24) is 0 Å². The summed E-state index contributed by atoms with van der Waals surface area (Å²) >= 11 is 7.14. The highest BCUT2D eigenvalue weighted by molar-refractivity contribution is 7.99. The van der Waals surface area contributed by atoms with E-state index >= 15 is 0 Å². The lowest BCUT2D eigenvalue weighted by atomic mass is 10.1. The van der Waals surface area contributed by atoms with E-state index in [9.17, 15) is 0 Å². The van der Waals surface area contributed by atoms with Crippen molar-refractivity contribution in [3.05, 3.63) is 23.8 Å². The number of hydrogen-bond acceptors (Lipinski definition) is 4. The van der Waals surface area contributed by atoms with Crippen LogP contribution in [0.1, 0.15) is 12.0 Å². The molecule has 0 atom stereocenters. The van der Waals surface area contributed by atoms with Gasteiger partial charge in [-0.05, 0) is 24.3 Å². The molecule has 3 nitrogen and oxygen atoms in total. The maximum absolute atomic E-state index is 5.81. The number of thioether (sulfide) groups is 1. The van der Waals surface area contributed by atoms with Crippen molar-refractivity contribution in [2.24, 2.45) is 5.73 Å². The zero-order valence-corrected chi connectivity index (χ0v) is 12.1. The Morgan fingerprint density at radius 3 is 2.94 bits per heavy atom. The predicted octanol–water partition coefficient (Wildman–Crippen LogP) is 2.27. The fourth-order valence-electron chi connectivity index (χ4n) is 2.10. The van der Waals surface area contributed by atoms with E-state index in [1.165, 1.54) is 12.2 Å². The molecular weight excluding hydrogens is 264 g/mol. The summed E-state index contributed by atoms with van der Waals surface area (Å²) in [6, 6.07) is 5.89. The first-order valence-electron chi connectivity index (χ1n) is 6.03. The van der Waals surface area contributed by atoms with E-state index in [-0.39, 0.29) is 0 Å². The summed E-state index contributed by atoms with van der Waals surface area (Å²) in [7, 11) is 1.68. The molecule has 18 heavy (non-hydrogen) atoms. The molecule has 1 heterocycles. The number of anilines is 1. The normalized spacial score (nSPS) is 16.2. The van der Waals surface area contributed by atoms with Crippen molar-refractivity contribution < 1.29 is 4.74 Å². The third-order valence-corrected chi connectivity index (χ3v) is 4.30. The summed E-state index contributed by atoms with van der Waals surface area (Å²) in [5, 5.41) is 0. The molecule has 5 heteroatoms. The Morgan fingerprint density at radius 2 is 2.22 bits per heavy atom. The Morgan fingerprint density at radius 1 is 1.39 bits per heavy atom. The first kappa shape index (κ1) is 13.5. The highest BCUT2D eigenvalue weighted by Crippen LogP contribution is 2.28. The maximum Gasteiger partial charge on any atom is 0.120 e. The summed E-state index contributed by atoms with van der Waals surface area (Å²) in [5.41, 5.74) is 7.85. The van der Waals surface area contributed by atoms with Gasteiger partial charge in [0.25, 0.3) is 0 Å². The van der Waals surface area contributed by atoms with E-state index < -0.39 is 0 Å². The third kappa shape index (κ3) is 3.09. The minimum absolute atomic E-state index is 0.449. The number of thiocarbonyl (C=S) groups is 1. The monoisotopic (exact) mass is 282 g/mol. The third-order valence-electron chi connectivity index (χ3n) is 3.03. The van der Waals surface area contributed by atoms with Crippen LogP contribution in [0.4, 0.5) is 5.69 Å². The van der Waals surface area contributed by atoms with Crippen LogP contribution in [0.15, 0.2) is 18.2 Å². The standard InChI is InChI=1S/C13H18N2OS2/c1-16-10-3-4-11(13(14)17)12(9-10)15-5-2-7-18-8-6-15/h3-4,9H,2,5-8H2,1H3,(H2,14,17). The molecule has 0 aliphatic carbocycles. The summed E-state index contributed by atoms with van der Waals surface area (Å²) < 4.78 is 5.30. The molecule has 0 amide bonds. The number of ether oxygens (including phenoxy) is 1. The predicted molar refractivity (Wildman–Crippen MR) is 83.0 cm³/mol. The first-order valence-corrected chi connectivity index (χ1v) is 7.59. The highest BCUT2D eigenvalue weighted by Gasteiger charge is 2.15. The van der Waals surface area contributed by atoms with Gasteiger partial charge < -0.3 is 15.4 Å². The topological polar surface area (TPSA) is 38.5 Å². The molecule has 98 valence electrons. The van der Waals surface area contributed by atoms with E-state index in [1.54, 1.807) is 7.11 Å². The van der Waals surface area contributed by atoms with Crippen molar-refractivity contribution in [2.45, 2.75) is 6.42 Å². The molecule has 2 N–H and O–H groups in total. The Hall–Kier alpha value is -0.940. The fraction of sp³-hybridized carbons (Fsp3) is 0.462. The van der Waals surface area contributed by atoms with Gasteiger partial charge in [0.05, 0.1) is 12.8 Å². The molecule has 0 aromatic heterocycles. The second-order valence-corrected chi connectivity index (χ2v) is 5.86. The van der Waals surface area contributed by atoms with Crippen LogP contribution in [-0.4, -0.2) is 36.7 Å². The largest absolute Gasteiger partial charge is 0.497 e. The van der Waals surface area contributed by atoms with Gasteiger partial charge >= 0.3 is 0 Å². The molecule has 0 bridgehead atoms. The van der Waals surface area contributed by atoms with Gasteiger partial charge in [-0.1, -0.05) is 12.2 Å². The van der Waals surface area contributed by atoms with Crippen LogP contribution in [0.2, 0.25) is 0 Å². The average molecular weight is 282 g/mol. The molecular formula is C13H18N2OS2. The molecule has 1 fully saturated rings. The lowest BCUT2D eigenvalue weighted by molar-refractivity contribution is 0.415. The van der Waals surface area contributed by atoms with E-state index in [1.807, 2.05) is 30.0 Å². The van der Waals surface area contributed by atoms with Crippen molar-refractivity contribution in [2.75, 3.05) is 36.6 Å². The number of hydrogen-bond donors (Lipinski definition) is 1. The second-order valence-electron chi connectivity index (χ2n) is 4.20. The van der Waals surface area contributed by atoms with Gasteiger partial charge in [0.2, 0.25) is 0 Å².